The first-order valence-electron chi connectivity index (χ1n) is 7.94. The molecule has 0 radical (unpaired) electrons. The van der Waals surface area contributed by atoms with Crippen molar-refractivity contribution in [3.63, 3.8) is 0 Å². The van der Waals surface area contributed by atoms with E-state index >= 15 is 0 Å². The number of rotatable bonds is 6. The summed E-state index contributed by atoms with van der Waals surface area (Å²) < 4.78 is 0. The van der Waals surface area contributed by atoms with Gasteiger partial charge in [0.15, 0.2) is 0 Å². The Kier molecular flexibility index (Phi) is 6.92. The highest BCUT2D eigenvalue weighted by atomic mass is 32.2. The second kappa shape index (κ2) is 8.93. The van der Waals surface area contributed by atoms with E-state index in [0.29, 0.717) is 12.3 Å². The van der Waals surface area contributed by atoms with E-state index in [1.165, 1.54) is 0 Å². The number of carboxylic acid groups (broad SMARTS) is 1. The highest BCUT2D eigenvalue weighted by Crippen LogP contribution is 2.20. The van der Waals surface area contributed by atoms with E-state index < -0.39 is 5.97 Å². The Bertz CT molecular complexity index is 524. The van der Waals surface area contributed by atoms with E-state index in [-0.39, 0.29) is 18.5 Å². The lowest BCUT2D eigenvalue weighted by Gasteiger charge is -2.25. The lowest BCUT2D eigenvalue weighted by Crippen LogP contribution is -2.37. The number of carbonyl (C=O) groups is 2. The van der Waals surface area contributed by atoms with Crippen molar-refractivity contribution < 1.29 is 14.7 Å². The van der Waals surface area contributed by atoms with Gasteiger partial charge >= 0.3 is 5.97 Å². The maximum absolute atomic E-state index is 12.4. The molecule has 1 aliphatic rings. The van der Waals surface area contributed by atoms with E-state index in [0.717, 1.165) is 30.7 Å². The Morgan fingerprint density at radius 3 is 2.70 bits per heavy atom. The van der Waals surface area contributed by atoms with Gasteiger partial charge in [-0.1, -0.05) is 18.2 Å². The van der Waals surface area contributed by atoms with Crippen LogP contribution in [0.1, 0.15) is 19.3 Å². The topological polar surface area (TPSA) is 60.9 Å². The maximum Gasteiger partial charge on any atom is 0.317 e. The molecule has 1 aromatic rings. The van der Waals surface area contributed by atoms with Crippen LogP contribution in [0.25, 0.3) is 0 Å². The van der Waals surface area contributed by atoms with Crippen molar-refractivity contribution in [2.45, 2.75) is 30.2 Å². The van der Waals surface area contributed by atoms with Crippen LogP contribution in [0.15, 0.2) is 35.2 Å². The lowest BCUT2D eigenvalue weighted by molar-refractivity contribution is -0.138. The van der Waals surface area contributed by atoms with Crippen LogP contribution >= 0.6 is 11.8 Å². The summed E-state index contributed by atoms with van der Waals surface area (Å²) in [6.45, 7) is 1.54. The van der Waals surface area contributed by atoms with Crippen molar-refractivity contribution in [3.05, 3.63) is 30.3 Å². The molecule has 1 N–H and O–H groups in total. The molecule has 1 fully saturated rings. The molecule has 2 rings (SSSR count). The minimum absolute atomic E-state index is 0.0580. The molecule has 0 aromatic heterocycles. The van der Waals surface area contributed by atoms with Gasteiger partial charge in [0.25, 0.3) is 0 Å². The zero-order valence-electron chi connectivity index (χ0n) is 13.5. The number of nitrogens with zero attached hydrogens (tertiary/aromatic N) is 2. The molecule has 1 saturated heterocycles. The summed E-state index contributed by atoms with van der Waals surface area (Å²) in [4.78, 5) is 28.1. The molecular weight excluding hydrogens is 312 g/mol. The molecule has 1 amide bonds. The van der Waals surface area contributed by atoms with Gasteiger partial charge in [0.1, 0.15) is 0 Å². The molecule has 23 heavy (non-hydrogen) atoms. The van der Waals surface area contributed by atoms with Crippen molar-refractivity contribution in [2.75, 3.05) is 32.4 Å². The number of hydrogen-bond acceptors (Lipinski definition) is 4. The standard InChI is InChI=1S/C17H24N2O3S/c1-18(12-17(21)22)14-6-5-10-19(11-9-14)16(20)13-23-15-7-3-2-4-8-15/h2-4,7-8,14H,5-6,9-13H2,1H3,(H,21,22). The molecule has 1 atom stereocenters. The normalized spacial score (nSPS) is 18.7. The van der Waals surface area contributed by atoms with E-state index in [4.69, 9.17) is 5.11 Å². The highest BCUT2D eigenvalue weighted by Gasteiger charge is 2.23. The number of likely N-dealkylation sites (tertiary alicyclic amines) is 1. The van der Waals surface area contributed by atoms with Crippen LogP contribution in [0.5, 0.6) is 0 Å². The molecule has 1 aliphatic heterocycles. The second-order valence-corrected chi connectivity index (χ2v) is 6.92. The first-order chi connectivity index (χ1) is 11.1. The van der Waals surface area contributed by atoms with Gasteiger partial charge in [-0.2, -0.15) is 0 Å². The zero-order valence-corrected chi connectivity index (χ0v) is 14.3. The summed E-state index contributed by atoms with van der Waals surface area (Å²) in [5.74, 6) is -0.177. The van der Waals surface area contributed by atoms with Gasteiger partial charge in [0.05, 0.1) is 12.3 Å². The van der Waals surface area contributed by atoms with Crippen LogP contribution < -0.4 is 0 Å². The molecule has 0 spiro atoms. The molecule has 1 aromatic carbocycles. The van der Waals surface area contributed by atoms with Gasteiger partial charge in [-0.05, 0) is 38.4 Å². The van der Waals surface area contributed by atoms with Gasteiger partial charge in [0.2, 0.25) is 5.91 Å². The smallest absolute Gasteiger partial charge is 0.317 e. The molecule has 0 saturated carbocycles. The molecule has 0 aliphatic carbocycles. The SMILES string of the molecule is CN(CC(=O)O)C1CCCN(C(=O)CSc2ccccc2)CC1. The average Bonchev–Trinajstić information content (AvgIpc) is 2.79. The number of aliphatic carboxylic acids is 1. The van der Waals surface area contributed by atoms with Crippen molar-refractivity contribution in [3.8, 4) is 0 Å². The van der Waals surface area contributed by atoms with Crippen LogP contribution in [0.2, 0.25) is 0 Å². The molecule has 1 heterocycles. The Hall–Kier alpha value is -1.53. The fourth-order valence-electron chi connectivity index (χ4n) is 2.86. The first-order valence-corrected chi connectivity index (χ1v) is 8.92. The molecular formula is C17H24N2O3S. The monoisotopic (exact) mass is 336 g/mol. The van der Waals surface area contributed by atoms with Crippen molar-refractivity contribution in [1.82, 2.24) is 9.80 Å². The number of hydrogen-bond donors (Lipinski definition) is 1. The lowest BCUT2D eigenvalue weighted by atomic mass is 10.1. The number of thioether (sulfide) groups is 1. The second-order valence-electron chi connectivity index (χ2n) is 5.88. The fourth-order valence-corrected chi connectivity index (χ4v) is 3.69. The van der Waals surface area contributed by atoms with Gasteiger partial charge in [-0.15, -0.1) is 11.8 Å². The van der Waals surface area contributed by atoms with E-state index in [1.54, 1.807) is 11.8 Å². The molecule has 0 bridgehead atoms. The Labute approximate surface area is 141 Å². The summed E-state index contributed by atoms with van der Waals surface area (Å²) in [6, 6.07) is 10.2. The predicted octanol–water partition coefficient (Wildman–Crippen LogP) is 2.18. The van der Waals surface area contributed by atoms with Gasteiger partial charge in [-0.25, -0.2) is 0 Å². The van der Waals surface area contributed by atoms with E-state index in [9.17, 15) is 9.59 Å². The molecule has 6 heteroatoms. The number of likely N-dealkylation sites (N-methyl/N-ethyl adjacent to an activating group) is 1. The Balaban J connectivity index is 1.80. The van der Waals surface area contributed by atoms with Crippen LogP contribution in [0, 0.1) is 0 Å². The number of amides is 1. The summed E-state index contributed by atoms with van der Waals surface area (Å²) in [7, 11) is 1.85. The fraction of sp³-hybridized carbons (Fsp3) is 0.529. The third kappa shape index (κ3) is 5.88. The molecule has 5 nitrogen and oxygen atoms in total. The Morgan fingerprint density at radius 2 is 2.00 bits per heavy atom. The molecule has 126 valence electrons. The molecule has 1 unspecified atom stereocenters. The summed E-state index contributed by atoms with van der Waals surface area (Å²) >= 11 is 1.57. The quantitative estimate of drug-likeness (QED) is 0.807. The van der Waals surface area contributed by atoms with E-state index in [1.807, 2.05) is 47.2 Å². The van der Waals surface area contributed by atoms with Crippen molar-refractivity contribution in [2.24, 2.45) is 0 Å². The summed E-state index contributed by atoms with van der Waals surface area (Å²) in [6.07, 6.45) is 2.71. The number of benzene rings is 1. The van der Waals surface area contributed by atoms with Gasteiger partial charge < -0.3 is 10.0 Å². The van der Waals surface area contributed by atoms with Crippen LogP contribution in [-0.2, 0) is 9.59 Å². The minimum Gasteiger partial charge on any atom is -0.480 e. The van der Waals surface area contributed by atoms with Gasteiger partial charge in [0, 0.05) is 24.0 Å². The largest absolute Gasteiger partial charge is 0.480 e. The number of carbonyl (C=O) groups excluding carboxylic acids is 1. The highest BCUT2D eigenvalue weighted by molar-refractivity contribution is 8.00. The number of carboxylic acids is 1. The van der Waals surface area contributed by atoms with E-state index in [2.05, 4.69) is 0 Å². The maximum atomic E-state index is 12.4. The van der Waals surface area contributed by atoms with Crippen molar-refractivity contribution in [1.29, 1.82) is 0 Å². The predicted molar refractivity (Wildman–Crippen MR) is 91.7 cm³/mol. The minimum atomic E-state index is -0.802. The zero-order chi connectivity index (χ0) is 16.7. The van der Waals surface area contributed by atoms with Gasteiger partial charge in [-0.3, -0.25) is 14.5 Å². The van der Waals surface area contributed by atoms with Crippen LogP contribution in [-0.4, -0.2) is 65.3 Å². The average molecular weight is 336 g/mol. The van der Waals surface area contributed by atoms with Crippen LogP contribution in [0.3, 0.4) is 0 Å². The first kappa shape index (κ1) is 17.8. The van der Waals surface area contributed by atoms with Crippen molar-refractivity contribution >= 4 is 23.6 Å². The van der Waals surface area contributed by atoms with Crippen LogP contribution in [0.4, 0.5) is 0 Å². The third-order valence-corrected chi connectivity index (χ3v) is 5.16. The Morgan fingerprint density at radius 1 is 1.26 bits per heavy atom. The summed E-state index contributed by atoms with van der Waals surface area (Å²) in [5.41, 5.74) is 0. The third-order valence-electron chi connectivity index (χ3n) is 4.16. The summed E-state index contributed by atoms with van der Waals surface area (Å²) in [5, 5.41) is 8.89.